The first-order chi connectivity index (χ1) is 10.3. The molecule has 0 heterocycles. The number of rotatable bonds is 0. The summed E-state index contributed by atoms with van der Waals surface area (Å²) >= 11 is 0. The summed E-state index contributed by atoms with van der Waals surface area (Å²) in [4.78, 5) is 26.4. The topological polar surface area (TPSA) is 34.1 Å². The highest BCUT2D eigenvalue weighted by Crippen LogP contribution is 2.84. The van der Waals surface area contributed by atoms with Crippen LogP contribution < -0.4 is 0 Å². The van der Waals surface area contributed by atoms with Gasteiger partial charge >= 0.3 is 0 Å². The van der Waals surface area contributed by atoms with Crippen LogP contribution in [0.2, 0.25) is 0 Å². The molecule has 118 valence electrons. The van der Waals surface area contributed by atoms with Crippen LogP contribution in [-0.2, 0) is 9.59 Å². The van der Waals surface area contributed by atoms with Crippen LogP contribution in [-0.4, -0.2) is 11.6 Å². The summed E-state index contributed by atoms with van der Waals surface area (Å²) in [5.41, 5.74) is 0.00331. The van der Waals surface area contributed by atoms with Gasteiger partial charge in [-0.15, -0.1) is 0 Å². The van der Waals surface area contributed by atoms with Gasteiger partial charge in [-0.05, 0) is 73.0 Å². The monoisotopic (exact) mass is 298 g/mol. The van der Waals surface area contributed by atoms with Crippen molar-refractivity contribution >= 4 is 11.6 Å². The van der Waals surface area contributed by atoms with Gasteiger partial charge in [-0.25, -0.2) is 0 Å². The van der Waals surface area contributed by atoms with Crippen LogP contribution in [0.5, 0.6) is 0 Å². The largest absolute Gasteiger partial charge is 0.298 e. The van der Waals surface area contributed by atoms with E-state index < -0.39 is 5.41 Å². The highest BCUT2D eigenvalue weighted by Gasteiger charge is 2.88. The second kappa shape index (κ2) is 3.00. The van der Waals surface area contributed by atoms with Gasteiger partial charge in [0.1, 0.15) is 0 Å². The van der Waals surface area contributed by atoms with E-state index in [0.29, 0.717) is 28.8 Å². The Kier molecular flexibility index (Phi) is 1.74. The van der Waals surface area contributed by atoms with E-state index in [-0.39, 0.29) is 16.7 Å². The van der Waals surface area contributed by atoms with Crippen molar-refractivity contribution in [2.75, 3.05) is 0 Å². The zero-order valence-electron chi connectivity index (χ0n) is 13.9. The first-order valence-corrected chi connectivity index (χ1v) is 9.40. The van der Waals surface area contributed by atoms with E-state index in [0.717, 1.165) is 24.7 Å². The molecular weight excluding hydrogens is 272 g/mol. The first-order valence-electron chi connectivity index (χ1n) is 9.40. The Balaban J connectivity index is 1.52. The molecule has 9 atom stereocenters. The summed E-state index contributed by atoms with van der Waals surface area (Å²) < 4.78 is 0. The zero-order valence-corrected chi connectivity index (χ0v) is 13.9. The van der Waals surface area contributed by atoms with Crippen LogP contribution in [0.3, 0.4) is 0 Å². The quantitative estimate of drug-likeness (QED) is 0.640. The van der Waals surface area contributed by atoms with E-state index >= 15 is 0 Å². The molecule has 7 fully saturated rings. The fourth-order valence-electron chi connectivity index (χ4n) is 8.84. The van der Waals surface area contributed by atoms with Crippen molar-refractivity contribution < 1.29 is 9.59 Å². The smallest absolute Gasteiger partial charge is 0.153 e. The molecule has 0 saturated heterocycles. The average Bonchev–Trinajstić information content (AvgIpc) is 3.31. The number of ketones is 2. The van der Waals surface area contributed by atoms with Crippen LogP contribution in [0.25, 0.3) is 0 Å². The lowest BCUT2D eigenvalue weighted by atomic mass is 9.41. The second-order valence-corrected chi connectivity index (χ2v) is 10.4. The molecule has 7 aliphatic rings. The molecular formula is C20H26O2. The van der Waals surface area contributed by atoms with E-state index in [4.69, 9.17) is 0 Å². The van der Waals surface area contributed by atoms with Crippen molar-refractivity contribution in [2.45, 2.75) is 59.3 Å². The molecule has 2 heteroatoms. The summed E-state index contributed by atoms with van der Waals surface area (Å²) in [7, 11) is 0. The van der Waals surface area contributed by atoms with E-state index in [2.05, 4.69) is 20.8 Å². The molecule has 7 saturated carbocycles. The average molecular weight is 298 g/mol. The Labute approximate surface area is 132 Å². The van der Waals surface area contributed by atoms with Gasteiger partial charge in [-0.1, -0.05) is 20.8 Å². The fourth-order valence-corrected chi connectivity index (χ4v) is 8.84. The SMILES string of the molecule is CC12C(=O)[C@@]34CC[C@@H]5[C@@]6(C)C[C@H]6CC[C@@]5(C)[C@@H]3C[C@@H]1C2C4=O. The maximum absolute atomic E-state index is 13.3. The number of carbonyl (C=O) groups is 2. The molecule has 0 aromatic rings. The van der Waals surface area contributed by atoms with Gasteiger partial charge in [0.15, 0.2) is 11.6 Å². The van der Waals surface area contributed by atoms with Gasteiger partial charge in [0.2, 0.25) is 0 Å². The van der Waals surface area contributed by atoms with Gasteiger partial charge < -0.3 is 0 Å². The Bertz CT molecular complexity index is 667. The molecule has 1 spiro atoms. The Morgan fingerprint density at radius 1 is 0.955 bits per heavy atom. The second-order valence-electron chi connectivity index (χ2n) is 10.4. The van der Waals surface area contributed by atoms with Crippen molar-refractivity contribution in [1.82, 2.24) is 0 Å². The molecule has 2 nitrogen and oxygen atoms in total. The third-order valence-electron chi connectivity index (χ3n) is 10.1. The highest BCUT2D eigenvalue weighted by molar-refractivity contribution is 6.22. The molecule has 7 rings (SSSR count). The van der Waals surface area contributed by atoms with Crippen LogP contribution in [0.4, 0.5) is 0 Å². The van der Waals surface area contributed by atoms with Crippen LogP contribution in [0.15, 0.2) is 0 Å². The van der Waals surface area contributed by atoms with Gasteiger partial charge in [-0.2, -0.15) is 0 Å². The molecule has 0 N–H and O–H groups in total. The summed E-state index contributed by atoms with van der Waals surface area (Å²) in [6.07, 6.45) is 7.19. The van der Waals surface area contributed by atoms with Crippen molar-refractivity contribution in [2.24, 2.45) is 51.2 Å². The lowest BCUT2D eigenvalue weighted by molar-refractivity contribution is -0.174. The molecule has 0 aromatic carbocycles. The van der Waals surface area contributed by atoms with E-state index in [1.165, 1.54) is 25.7 Å². The fraction of sp³-hybridized carbons (Fsp3) is 0.900. The van der Waals surface area contributed by atoms with E-state index in [1.807, 2.05) is 0 Å². The third kappa shape index (κ3) is 0.915. The lowest BCUT2D eigenvalue weighted by Gasteiger charge is -2.61. The lowest BCUT2D eigenvalue weighted by Crippen LogP contribution is -2.61. The molecule has 0 radical (unpaired) electrons. The molecule has 4 bridgehead atoms. The van der Waals surface area contributed by atoms with Crippen molar-refractivity contribution in [1.29, 1.82) is 0 Å². The summed E-state index contributed by atoms with van der Waals surface area (Å²) in [6, 6.07) is 0. The molecule has 0 aromatic heterocycles. The molecule has 0 amide bonds. The summed E-state index contributed by atoms with van der Waals surface area (Å²) in [5.74, 6) is 3.34. The summed E-state index contributed by atoms with van der Waals surface area (Å²) in [6.45, 7) is 7.05. The normalized spacial score (nSPS) is 69.9. The Morgan fingerprint density at radius 2 is 1.73 bits per heavy atom. The standard InChI is InChI=1S/C20H26O2/c1-17-6-4-10-9-18(10,2)12(17)5-7-20-13(17)8-11-14(15(20)21)19(11,3)16(20)22/h10-14H,4-9H2,1-3H3/t10-,11-,12+,13+,14?,17-,18+,19?,20+/m1/s1. The number of Topliss-reactive ketones (excluding diaryl/α,β-unsaturated/α-hetero) is 2. The number of carbonyl (C=O) groups excluding carboxylic acids is 2. The van der Waals surface area contributed by atoms with Gasteiger partial charge in [0.05, 0.1) is 5.41 Å². The predicted octanol–water partition coefficient (Wildman–Crippen LogP) is 3.63. The van der Waals surface area contributed by atoms with E-state index in [9.17, 15) is 9.59 Å². The Morgan fingerprint density at radius 3 is 2.41 bits per heavy atom. The molecule has 7 aliphatic carbocycles. The number of hydrogen-bond donors (Lipinski definition) is 0. The van der Waals surface area contributed by atoms with Crippen LogP contribution >= 0.6 is 0 Å². The number of hydrogen-bond acceptors (Lipinski definition) is 2. The van der Waals surface area contributed by atoms with Gasteiger partial charge in [0, 0.05) is 11.3 Å². The van der Waals surface area contributed by atoms with E-state index in [1.54, 1.807) is 0 Å². The summed E-state index contributed by atoms with van der Waals surface area (Å²) in [5, 5.41) is 0. The predicted molar refractivity (Wildman–Crippen MR) is 81.9 cm³/mol. The molecule has 22 heavy (non-hydrogen) atoms. The maximum Gasteiger partial charge on any atom is 0.153 e. The van der Waals surface area contributed by atoms with Gasteiger partial charge in [0.25, 0.3) is 0 Å². The minimum absolute atomic E-state index is 0.115. The minimum Gasteiger partial charge on any atom is -0.298 e. The van der Waals surface area contributed by atoms with Crippen molar-refractivity contribution in [3.8, 4) is 0 Å². The van der Waals surface area contributed by atoms with Crippen LogP contribution in [0.1, 0.15) is 59.3 Å². The van der Waals surface area contributed by atoms with Crippen LogP contribution in [0, 0.1) is 51.2 Å². The van der Waals surface area contributed by atoms with Crippen molar-refractivity contribution in [3.05, 3.63) is 0 Å². The van der Waals surface area contributed by atoms with Gasteiger partial charge in [-0.3, -0.25) is 9.59 Å². The van der Waals surface area contributed by atoms with Crippen molar-refractivity contribution in [3.63, 3.8) is 0 Å². The molecule has 0 aliphatic heterocycles. The maximum atomic E-state index is 13.3. The third-order valence-corrected chi connectivity index (χ3v) is 10.1. The minimum atomic E-state index is -0.544. The highest BCUT2D eigenvalue weighted by atomic mass is 16.2. The first kappa shape index (κ1) is 12.7. The zero-order chi connectivity index (χ0) is 15.3. The Hall–Kier alpha value is -0.660. The molecule has 2 unspecified atom stereocenters. The number of fused-ring (bicyclic) bond motifs is 3.